The number of aromatic hydroxyl groups is 1. The third-order valence-electron chi connectivity index (χ3n) is 8.11. The Hall–Kier alpha value is -3.72. The number of para-hydroxylation sites is 2. The fourth-order valence-electron chi connectivity index (χ4n) is 6.11. The van der Waals surface area contributed by atoms with Gasteiger partial charge in [0.25, 0.3) is 0 Å². The number of carbonyl (C=O) groups excluding carboxylic acids is 2. The van der Waals surface area contributed by atoms with E-state index in [4.69, 9.17) is 4.74 Å². The van der Waals surface area contributed by atoms with E-state index in [2.05, 4.69) is 15.9 Å². The normalized spacial score (nSPS) is 21.5. The Kier molecular flexibility index (Phi) is 9.26. The second kappa shape index (κ2) is 13.1. The summed E-state index contributed by atoms with van der Waals surface area (Å²) >= 11 is 3.43. The highest BCUT2D eigenvalue weighted by atomic mass is 79.9. The number of allylic oxidation sites excluding steroid dienone is 1. The maximum Gasteiger partial charge on any atom is 0.238 e. The summed E-state index contributed by atoms with van der Waals surface area (Å²) in [5.41, 5.74) is 3.41. The predicted octanol–water partition coefficient (Wildman–Crippen LogP) is 5.89. The first-order valence-corrected chi connectivity index (χ1v) is 14.8. The number of anilines is 1. The van der Waals surface area contributed by atoms with E-state index in [0.29, 0.717) is 35.4 Å². The fourth-order valence-corrected chi connectivity index (χ4v) is 6.49. The van der Waals surface area contributed by atoms with Crippen LogP contribution in [0.4, 0.5) is 5.69 Å². The summed E-state index contributed by atoms with van der Waals surface area (Å²) in [6.07, 6.45) is 2.01. The lowest BCUT2D eigenvalue weighted by molar-refractivity contribution is -0.123. The average molecular weight is 633 g/mol. The summed E-state index contributed by atoms with van der Waals surface area (Å²) < 4.78 is 6.91. The van der Waals surface area contributed by atoms with Crippen LogP contribution >= 0.6 is 15.9 Å². The topological polar surface area (TPSA) is 107 Å². The molecule has 218 valence electrons. The molecule has 3 aromatic rings. The Morgan fingerprint density at radius 1 is 1.05 bits per heavy atom. The maximum absolute atomic E-state index is 13.7. The first-order chi connectivity index (χ1) is 20.3. The number of rotatable bonds is 10. The number of carbonyl (C=O) groups is 2. The van der Waals surface area contributed by atoms with Crippen molar-refractivity contribution in [2.75, 3.05) is 18.1 Å². The highest BCUT2D eigenvalue weighted by molar-refractivity contribution is 9.10. The van der Waals surface area contributed by atoms with E-state index in [9.17, 15) is 24.9 Å². The van der Waals surface area contributed by atoms with Gasteiger partial charge in [-0.3, -0.25) is 14.5 Å². The van der Waals surface area contributed by atoms with Gasteiger partial charge in [-0.2, -0.15) is 0 Å². The first kappa shape index (κ1) is 29.8. The largest absolute Gasteiger partial charge is 0.507 e. The Labute approximate surface area is 253 Å². The zero-order chi connectivity index (χ0) is 29.8. The lowest BCUT2D eigenvalue weighted by Crippen LogP contribution is -2.40. The van der Waals surface area contributed by atoms with Crippen LogP contribution in [0.5, 0.6) is 11.5 Å². The van der Waals surface area contributed by atoms with Crippen molar-refractivity contribution in [2.45, 2.75) is 32.3 Å². The number of phenols is 1. The van der Waals surface area contributed by atoms with Gasteiger partial charge in [-0.15, -0.1) is 0 Å². The molecule has 1 fully saturated rings. The Morgan fingerprint density at radius 3 is 2.43 bits per heavy atom. The van der Waals surface area contributed by atoms with Crippen LogP contribution in [0, 0.1) is 17.8 Å². The molecule has 2 aliphatic rings. The number of phenolic OH excluding ortho intramolecular Hbond substituents is 1. The molecule has 1 aliphatic heterocycles. The van der Waals surface area contributed by atoms with Crippen LogP contribution in [-0.2, 0) is 9.59 Å². The van der Waals surface area contributed by atoms with Crippen LogP contribution in [0.1, 0.15) is 31.7 Å². The number of fused-ring (bicyclic) bond motifs is 1. The zero-order valence-corrected chi connectivity index (χ0v) is 24.9. The minimum Gasteiger partial charge on any atom is -0.507 e. The van der Waals surface area contributed by atoms with Crippen molar-refractivity contribution in [3.05, 3.63) is 106 Å². The van der Waals surface area contributed by atoms with Crippen LogP contribution in [0.3, 0.4) is 0 Å². The van der Waals surface area contributed by atoms with Crippen LogP contribution < -0.4 is 9.64 Å². The van der Waals surface area contributed by atoms with Gasteiger partial charge in [-0.1, -0.05) is 64.0 Å². The minimum atomic E-state index is -0.967. The molecule has 4 atom stereocenters. The predicted molar refractivity (Wildman–Crippen MR) is 165 cm³/mol. The number of nitrogens with zero attached hydrogens (tertiary/aromatic N) is 1. The molecular formula is C34H34BrNO6. The summed E-state index contributed by atoms with van der Waals surface area (Å²) in [5, 5.41) is 32.5. The smallest absolute Gasteiger partial charge is 0.238 e. The molecule has 0 aromatic heterocycles. The molecular weight excluding hydrogens is 598 g/mol. The van der Waals surface area contributed by atoms with E-state index in [1.165, 1.54) is 4.90 Å². The van der Waals surface area contributed by atoms with E-state index < -0.39 is 23.9 Å². The summed E-state index contributed by atoms with van der Waals surface area (Å²) in [6.45, 7) is 1.67. The van der Waals surface area contributed by atoms with Crippen molar-refractivity contribution in [1.29, 1.82) is 0 Å². The van der Waals surface area contributed by atoms with Gasteiger partial charge in [0.05, 0.1) is 30.2 Å². The van der Waals surface area contributed by atoms with Gasteiger partial charge in [0.1, 0.15) is 18.1 Å². The van der Waals surface area contributed by atoms with Crippen molar-refractivity contribution in [2.24, 2.45) is 17.8 Å². The van der Waals surface area contributed by atoms with Crippen molar-refractivity contribution < 1.29 is 29.6 Å². The molecule has 3 N–H and O–H groups in total. The second-order valence-electron chi connectivity index (χ2n) is 10.9. The third-order valence-corrected chi connectivity index (χ3v) is 8.61. The quantitative estimate of drug-likeness (QED) is 0.190. The summed E-state index contributed by atoms with van der Waals surface area (Å²) in [4.78, 5) is 28.6. The number of imide groups is 1. The maximum atomic E-state index is 13.7. The SMILES string of the molecule is C/C(=C\c1cc(Br)ccc1O)CC[C@@H](O)C1=C(COc2ccccc2)C[C@H]2C(=O)N(c3ccccc3)C(=O)[C@H]2[C@H]1CO. The molecule has 3 aromatic carbocycles. The number of aliphatic hydroxyl groups excluding tert-OH is 2. The van der Waals surface area contributed by atoms with Crippen molar-refractivity contribution >= 4 is 39.5 Å². The van der Waals surface area contributed by atoms with Crippen molar-refractivity contribution in [3.8, 4) is 11.5 Å². The number of hydrogen-bond acceptors (Lipinski definition) is 6. The number of amides is 2. The van der Waals surface area contributed by atoms with E-state index in [1.54, 1.807) is 36.4 Å². The highest BCUT2D eigenvalue weighted by Gasteiger charge is 2.55. The van der Waals surface area contributed by atoms with Crippen LogP contribution in [0.25, 0.3) is 6.08 Å². The fraction of sp³-hybridized carbons (Fsp3) is 0.294. The number of aliphatic hydroxyl groups is 2. The Morgan fingerprint density at radius 2 is 1.74 bits per heavy atom. The lowest BCUT2D eigenvalue weighted by atomic mass is 9.68. The van der Waals surface area contributed by atoms with E-state index in [0.717, 1.165) is 15.6 Å². The zero-order valence-electron chi connectivity index (χ0n) is 23.3. The van der Waals surface area contributed by atoms with Gasteiger partial charge in [0, 0.05) is 16.0 Å². The lowest BCUT2D eigenvalue weighted by Gasteiger charge is -2.36. The minimum absolute atomic E-state index is 0.129. The van der Waals surface area contributed by atoms with Crippen LogP contribution in [0.15, 0.2) is 100 Å². The number of benzene rings is 3. The summed E-state index contributed by atoms with van der Waals surface area (Å²) in [5.74, 6) is -2.00. The third kappa shape index (κ3) is 6.21. The Balaban J connectivity index is 1.44. The molecule has 5 rings (SSSR count). The van der Waals surface area contributed by atoms with Crippen molar-refractivity contribution in [3.63, 3.8) is 0 Å². The van der Waals surface area contributed by atoms with Gasteiger partial charge < -0.3 is 20.1 Å². The van der Waals surface area contributed by atoms with E-state index in [1.807, 2.05) is 55.5 Å². The highest BCUT2D eigenvalue weighted by Crippen LogP contribution is 2.47. The van der Waals surface area contributed by atoms with E-state index >= 15 is 0 Å². The molecule has 1 saturated heterocycles. The first-order valence-electron chi connectivity index (χ1n) is 14.1. The molecule has 0 saturated carbocycles. The Bertz CT molecular complexity index is 1500. The summed E-state index contributed by atoms with van der Waals surface area (Å²) in [7, 11) is 0. The van der Waals surface area contributed by atoms with Gasteiger partial charge in [-0.25, -0.2) is 0 Å². The number of ether oxygens (including phenoxy) is 1. The van der Waals surface area contributed by atoms with Gasteiger partial charge >= 0.3 is 0 Å². The van der Waals surface area contributed by atoms with Crippen molar-refractivity contribution in [1.82, 2.24) is 0 Å². The average Bonchev–Trinajstić information content (AvgIpc) is 3.25. The molecule has 0 spiro atoms. The van der Waals surface area contributed by atoms with E-state index in [-0.39, 0.29) is 37.2 Å². The number of hydrogen-bond donors (Lipinski definition) is 3. The van der Waals surface area contributed by atoms with Crippen LogP contribution in [-0.4, -0.2) is 46.5 Å². The molecule has 7 nitrogen and oxygen atoms in total. The molecule has 0 unspecified atom stereocenters. The standard InChI is InChI=1S/C34H34BrNO6/c1-21(16-22-17-24(35)13-15-29(22)38)12-14-30(39)31-23(20-42-26-10-6-3-7-11-26)18-27-32(28(31)19-37)34(41)36(33(27)40)25-8-4-2-5-9-25/h2-11,13,15-17,27-28,30,32,37-39H,12,14,18-20H2,1H3/b21-16+/t27-,28+,30-,32-/m1/s1. The molecule has 1 aliphatic carbocycles. The second-order valence-corrected chi connectivity index (χ2v) is 11.8. The molecule has 2 amide bonds. The van der Waals surface area contributed by atoms with Gasteiger partial charge in [-0.05, 0) is 79.8 Å². The van der Waals surface area contributed by atoms with Gasteiger partial charge in [0.2, 0.25) is 11.8 Å². The summed E-state index contributed by atoms with van der Waals surface area (Å²) in [6, 6.07) is 23.3. The monoisotopic (exact) mass is 631 g/mol. The number of halogens is 1. The molecule has 42 heavy (non-hydrogen) atoms. The van der Waals surface area contributed by atoms with Crippen LogP contribution in [0.2, 0.25) is 0 Å². The molecule has 8 heteroatoms. The van der Waals surface area contributed by atoms with Gasteiger partial charge in [0.15, 0.2) is 0 Å². The molecule has 0 radical (unpaired) electrons. The molecule has 0 bridgehead atoms. The molecule has 1 heterocycles.